The van der Waals surface area contributed by atoms with E-state index in [1.165, 1.54) is 11.8 Å². The smallest absolute Gasteiger partial charge is 0.326 e. The molecular formula is C21H28N2O6S. The van der Waals surface area contributed by atoms with E-state index in [0.29, 0.717) is 30.9 Å². The van der Waals surface area contributed by atoms with Crippen LogP contribution in [0.1, 0.15) is 32.3 Å². The lowest BCUT2D eigenvalue weighted by molar-refractivity contribution is -0.144. The maximum absolute atomic E-state index is 12.8. The Morgan fingerprint density at radius 1 is 1.27 bits per heavy atom. The van der Waals surface area contributed by atoms with Crippen molar-refractivity contribution in [1.82, 2.24) is 10.2 Å². The summed E-state index contributed by atoms with van der Waals surface area (Å²) in [7, 11) is 1.55. The highest BCUT2D eigenvalue weighted by molar-refractivity contribution is 8.13. The van der Waals surface area contributed by atoms with Crippen LogP contribution in [0.15, 0.2) is 24.3 Å². The molecule has 0 aromatic heterocycles. The molecule has 164 valence electrons. The van der Waals surface area contributed by atoms with Gasteiger partial charge in [-0.2, -0.15) is 0 Å². The Morgan fingerprint density at radius 3 is 2.50 bits per heavy atom. The van der Waals surface area contributed by atoms with E-state index in [4.69, 9.17) is 4.74 Å². The number of likely N-dealkylation sites (tertiary alicyclic amines) is 1. The number of amides is 2. The highest BCUT2D eigenvalue weighted by atomic mass is 32.2. The first-order chi connectivity index (χ1) is 14.2. The summed E-state index contributed by atoms with van der Waals surface area (Å²) in [5.41, 5.74) is 0.748. The number of ether oxygens (including phenoxy) is 1. The number of hydrogen-bond donors (Lipinski definition) is 2. The van der Waals surface area contributed by atoms with Crippen molar-refractivity contribution in [1.29, 1.82) is 0 Å². The molecule has 0 unspecified atom stereocenters. The fourth-order valence-corrected chi connectivity index (χ4v) is 3.99. The van der Waals surface area contributed by atoms with Crippen molar-refractivity contribution in [3.8, 4) is 5.75 Å². The monoisotopic (exact) mass is 436 g/mol. The molecule has 30 heavy (non-hydrogen) atoms. The van der Waals surface area contributed by atoms with E-state index in [1.807, 2.05) is 0 Å². The van der Waals surface area contributed by atoms with Gasteiger partial charge in [0.2, 0.25) is 11.8 Å². The van der Waals surface area contributed by atoms with Gasteiger partial charge in [-0.25, -0.2) is 4.79 Å². The summed E-state index contributed by atoms with van der Waals surface area (Å²) in [5.74, 6) is -1.18. The van der Waals surface area contributed by atoms with Crippen LogP contribution in [-0.4, -0.2) is 64.4 Å². The minimum atomic E-state index is -1.14. The van der Waals surface area contributed by atoms with Gasteiger partial charge in [-0.3, -0.25) is 14.4 Å². The zero-order valence-electron chi connectivity index (χ0n) is 17.4. The van der Waals surface area contributed by atoms with E-state index in [-0.39, 0.29) is 17.4 Å². The maximum Gasteiger partial charge on any atom is 0.326 e. The molecule has 8 nitrogen and oxygen atoms in total. The summed E-state index contributed by atoms with van der Waals surface area (Å²) in [4.78, 5) is 49.9. The number of carboxylic acids is 1. The van der Waals surface area contributed by atoms with Crippen molar-refractivity contribution in [2.75, 3.05) is 19.4 Å². The van der Waals surface area contributed by atoms with E-state index in [9.17, 15) is 24.3 Å². The molecule has 1 aliphatic heterocycles. The number of rotatable bonds is 9. The number of carboxylic acid groups (broad SMARTS) is 1. The number of nitrogens with one attached hydrogen (secondary N) is 1. The molecule has 1 aromatic carbocycles. The molecule has 9 heteroatoms. The van der Waals surface area contributed by atoms with Gasteiger partial charge in [-0.1, -0.05) is 30.8 Å². The van der Waals surface area contributed by atoms with Crippen molar-refractivity contribution in [3.05, 3.63) is 29.8 Å². The van der Waals surface area contributed by atoms with Gasteiger partial charge in [0.1, 0.15) is 17.8 Å². The summed E-state index contributed by atoms with van der Waals surface area (Å²) in [6, 6.07) is 5.16. The second-order valence-electron chi connectivity index (χ2n) is 7.34. The van der Waals surface area contributed by atoms with Gasteiger partial charge in [0.25, 0.3) is 0 Å². The van der Waals surface area contributed by atoms with E-state index in [2.05, 4.69) is 5.32 Å². The van der Waals surface area contributed by atoms with E-state index >= 15 is 0 Å². The van der Waals surface area contributed by atoms with Crippen LogP contribution in [0.5, 0.6) is 5.75 Å². The average Bonchev–Trinajstić information content (AvgIpc) is 3.21. The maximum atomic E-state index is 12.8. The topological polar surface area (TPSA) is 113 Å². The van der Waals surface area contributed by atoms with Crippen molar-refractivity contribution in [3.63, 3.8) is 0 Å². The largest absolute Gasteiger partial charge is 0.497 e. The number of carbonyl (C=O) groups excluding carboxylic acids is 3. The van der Waals surface area contributed by atoms with Crippen molar-refractivity contribution in [2.45, 2.75) is 45.2 Å². The Labute approximate surface area is 180 Å². The van der Waals surface area contributed by atoms with Crippen LogP contribution < -0.4 is 10.1 Å². The normalized spacial score (nSPS) is 17.8. The van der Waals surface area contributed by atoms with Crippen LogP contribution in [0.4, 0.5) is 0 Å². The van der Waals surface area contributed by atoms with Crippen LogP contribution in [-0.2, 0) is 25.6 Å². The summed E-state index contributed by atoms with van der Waals surface area (Å²) in [6.07, 6.45) is 1.28. The van der Waals surface area contributed by atoms with Gasteiger partial charge in [-0.05, 0) is 30.5 Å². The second kappa shape index (κ2) is 11.0. The Kier molecular flexibility index (Phi) is 8.71. The molecule has 3 atom stereocenters. The summed E-state index contributed by atoms with van der Waals surface area (Å²) in [5, 5.41) is 12.1. The minimum absolute atomic E-state index is 0.0619. The molecule has 0 radical (unpaired) electrons. The summed E-state index contributed by atoms with van der Waals surface area (Å²) >= 11 is 1.08. The molecule has 2 N–H and O–H groups in total. The van der Waals surface area contributed by atoms with Crippen LogP contribution >= 0.6 is 11.8 Å². The molecule has 1 saturated heterocycles. The third-order valence-corrected chi connectivity index (χ3v) is 6.08. The lowest BCUT2D eigenvalue weighted by atomic mass is 10.0. The lowest BCUT2D eigenvalue weighted by Crippen LogP contribution is -2.52. The van der Waals surface area contributed by atoms with E-state index in [1.54, 1.807) is 38.3 Å². The van der Waals surface area contributed by atoms with Crippen LogP contribution in [0, 0.1) is 5.92 Å². The number of thioether (sulfide) groups is 1. The van der Waals surface area contributed by atoms with E-state index < -0.39 is 29.9 Å². The number of aliphatic carboxylic acids is 1. The van der Waals surface area contributed by atoms with Crippen LogP contribution in [0.3, 0.4) is 0 Å². The zero-order chi connectivity index (χ0) is 22.3. The minimum Gasteiger partial charge on any atom is -0.497 e. The molecule has 0 saturated carbocycles. The SMILES string of the molecule is COc1ccc(C[C@H](NC(=O)[C@@H]2CCCN2C(=O)[C@H](C)CSC(C)=O)C(=O)O)cc1. The average molecular weight is 437 g/mol. The standard InChI is InChI=1S/C21H28N2O6S/c1-13(12-30-14(2)24)20(26)23-10-4-5-18(23)19(25)22-17(21(27)28)11-15-6-8-16(29-3)9-7-15/h6-9,13,17-18H,4-5,10-12H2,1-3H3,(H,22,25)(H,27,28)/t13-,17+,18+/m1/s1. The molecule has 1 fully saturated rings. The van der Waals surface area contributed by atoms with Crippen molar-refractivity contribution in [2.24, 2.45) is 5.92 Å². The number of methoxy groups -OCH3 is 1. The molecule has 1 aliphatic rings. The second-order valence-corrected chi connectivity index (χ2v) is 8.54. The van der Waals surface area contributed by atoms with E-state index in [0.717, 1.165) is 17.3 Å². The van der Waals surface area contributed by atoms with Gasteiger partial charge in [0, 0.05) is 31.6 Å². The van der Waals surface area contributed by atoms with Crippen LogP contribution in [0.25, 0.3) is 0 Å². The first kappa shape index (κ1) is 23.7. The zero-order valence-corrected chi connectivity index (χ0v) is 18.2. The van der Waals surface area contributed by atoms with Crippen molar-refractivity contribution >= 4 is 34.7 Å². The first-order valence-corrected chi connectivity index (χ1v) is 10.8. The Morgan fingerprint density at radius 2 is 1.93 bits per heavy atom. The first-order valence-electron chi connectivity index (χ1n) is 9.83. The molecule has 1 heterocycles. The molecular weight excluding hydrogens is 408 g/mol. The third kappa shape index (κ3) is 6.48. The van der Waals surface area contributed by atoms with Gasteiger partial charge in [0.05, 0.1) is 7.11 Å². The molecule has 2 amide bonds. The Bertz CT molecular complexity index is 782. The lowest BCUT2D eigenvalue weighted by Gasteiger charge is -2.27. The number of hydrogen-bond acceptors (Lipinski definition) is 6. The predicted molar refractivity (Wildman–Crippen MR) is 113 cm³/mol. The quantitative estimate of drug-likeness (QED) is 0.606. The number of carbonyl (C=O) groups is 4. The van der Waals surface area contributed by atoms with Gasteiger partial charge < -0.3 is 20.1 Å². The fourth-order valence-electron chi connectivity index (χ4n) is 3.37. The Balaban J connectivity index is 2.02. The summed E-state index contributed by atoms with van der Waals surface area (Å²) < 4.78 is 5.09. The van der Waals surface area contributed by atoms with Gasteiger partial charge in [-0.15, -0.1) is 0 Å². The van der Waals surface area contributed by atoms with Crippen LogP contribution in [0.2, 0.25) is 0 Å². The molecule has 2 rings (SSSR count). The summed E-state index contributed by atoms with van der Waals surface area (Å²) in [6.45, 7) is 3.63. The van der Waals surface area contributed by atoms with Gasteiger partial charge >= 0.3 is 5.97 Å². The fraction of sp³-hybridized carbons (Fsp3) is 0.524. The highest BCUT2D eigenvalue weighted by Gasteiger charge is 2.37. The number of benzene rings is 1. The molecule has 0 aliphatic carbocycles. The third-order valence-electron chi connectivity index (χ3n) is 5.01. The Hall–Kier alpha value is -2.55. The number of nitrogens with zero attached hydrogens (tertiary/aromatic N) is 1. The van der Waals surface area contributed by atoms with Crippen molar-refractivity contribution < 1.29 is 29.0 Å². The highest BCUT2D eigenvalue weighted by Crippen LogP contribution is 2.22. The molecule has 0 spiro atoms. The molecule has 0 bridgehead atoms. The van der Waals surface area contributed by atoms with Gasteiger partial charge in [0.15, 0.2) is 5.12 Å². The predicted octanol–water partition coefficient (Wildman–Crippen LogP) is 1.71. The molecule has 1 aromatic rings.